The van der Waals surface area contributed by atoms with E-state index in [-0.39, 0.29) is 5.91 Å². The molecule has 0 radical (unpaired) electrons. The molecule has 4 nitrogen and oxygen atoms in total. The van der Waals surface area contributed by atoms with Gasteiger partial charge in [-0.1, -0.05) is 41.9 Å². The number of amides is 1. The zero-order chi connectivity index (χ0) is 16.7. The second-order valence-electron chi connectivity index (χ2n) is 5.02. The van der Waals surface area contributed by atoms with Gasteiger partial charge in [0.25, 0.3) is 0 Å². The molecule has 0 aliphatic heterocycles. The molecule has 0 bridgehead atoms. The molecular weight excluding hydrogens is 314 g/mol. The van der Waals surface area contributed by atoms with Gasteiger partial charge in [0.2, 0.25) is 5.91 Å². The fraction of sp³-hybridized carbons (Fsp3) is 0.278. The molecule has 0 unspecified atom stereocenters. The van der Waals surface area contributed by atoms with E-state index >= 15 is 0 Å². The smallest absolute Gasteiger partial charge is 0.220 e. The molecule has 5 heteroatoms. The average Bonchev–Trinajstić information content (AvgIpc) is 2.58. The van der Waals surface area contributed by atoms with E-state index < -0.39 is 0 Å². The van der Waals surface area contributed by atoms with Crippen LogP contribution in [0.5, 0.6) is 11.5 Å². The minimum atomic E-state index is -0.0326. The number of benzene rings is 2. The maximum absolute atomic E-state index is 12.0. The van der Waals surface area contributed by atoms with Crippen LogP contribution in [0.15, 0.2) is 42.5 Å². The standard InChI is InChI=1S/C18H20ClNO3/c1-22-16-9-5-7-13(18(16)23-2)10-11-17(21)20-12-14-6-3-4-8-15(14)19/h3-9H,10-12H2,1-2H3,(H,20,21). The Balaban J connectivity index is 1.91. The fourth-order valence-corrected chi connectivity index (χ4v) is 2.53. The first kappa shape index (κ1) is 17.2. The summed E-state index contributed by atoms with van der Waals surface area (Å²) in [5.41, 5.74) is 1.85. The molecule has 0 aliphatic carbocycles. The van der Waals surface area contributed by atoms with Crippen LogP contribution in [0.2, 0.25) is 5.02 Å². The quantitative estimate of drug-likeness (QED) is 0.842. The molecule has 2 aromatic rings. The van der Waals surface area contributed by atoms with Crippen molar-refractivity contribution in [3.05, 3.63) is 58.6 Å². The van der Waals surface area contributed by atoms with Crippen LogP contribution in [0.4, 0.5) is 0 Å². The summed E-state index contributed by atoms with van der Waals surface area (Å²) in [5.74, 6) is 1.31. The Morgan fingerprint density at radius 2 is 1.78 bits per heavy atom. The summed E-state index contributed by atoms with van der Waals surface area (Å²) in [6, 6.07) is 13.1. The van der Waals surface area contributed by atoms with Gasteiger partial charge in [-0.25, -0.2) is 0 Å². The normalized spacial score (nSPS) is 10.2. The van der Waals surface area contributed by atoms with Crippen molar-refractivity contribution in [2.45, 2.75) is 19.4 Å². The summed E-state index contributed by atoms with van der Waals surface area (Å²) in [4.78, 5) is 12.0. The van der Waals surface area contributed by atoms with Crippen LogP contribution in [-0.2, 0) is 17.8 Å². The van der Waals surface area contributed by atoms with Crippen molar-refractivity contribution < 1.29 is 14.3 Å². The number of hydrogen-bond donors (Lipinski definition) is 1. The zero-order valence-corrected chi connectivity index (χ0v) is 14.0. The van der Waals surface area contributed by atoms with Gasteiger partial charge in [-0.05, 0) is 29.7 Å². The topological polar surface area (TPSA) is 47.6 Å². The molecule has 2 rings (SSSR count). The number of carbonyl (C=O) groups is 1. The van der Waals surface area contributed by atoms with Gasteiger partial charge < -0.3 is 14.8 Å². The first-order chi connectivity index (χ1) is 11.2. The average molecular weight is 334 g/mol. The zero-order valence-electron chi connectivity index (χ0n) is 13.3. The monoisotopic (exact) mass is 333 g/mol. The third-order valence-electron chi connectivity index (χ3n) is 3.54. The van der Waals surface area contributed by atoms with Crippen LogP contribution in [0.3, 0.4) is 0 Å². The number of para-hydroxylation sites is 1. The lowest BCUT2D eigenvalue weighted by atomic mass is 10.1. The second kappa shape index (κ2) is 8.44. The molecule has 0 aromatic heterocycles. The van der Waals surface area contributed by atoms with Crippen LogP contribution >= 0.6 is 11.6 Å². The SMILES string of the molecule is COc1cccc(CCC(=O)NCc2ccccc2Cl)c1OC. The Morgan fingerprint density at radius 3 is 2.48 bits per heavy atom. The molecule has 0 saturated carbocycles. The molecule has 23 heavy (non-hydrogen) atoms. The highest BCUT2D eigenvalue weighted by Gasteiger charge is 2.11. The summed E-state index contributed by atoms with van der Waals surface area (Å²) in [7, 11) is 3.19. The van der Waals surface area contributed by atoms with Crippen LogP contribution in [-0.4, -0.2) is 20.1 Å². The van der Waals surface area contributed by atoms with Crippen molar-refractivity contribution in [3.8, 4) is 11.5 Å². The van der Waals surface area contributed by atoms with Gasteiger partial charge in [0.1, 0.15) is 0 Å². The van der Waals surface area contributed by atoms with Crippen molar-refractivity contribution in [1.82, 2.24) is 5.32 Å². The van der Waals surface area contributed by atoms with E-state index in [9.17, 15) is 4.79 Å². The van der Waals surface area contributed by atoms with E-state index in [1.165, 1.54) is 0 Å². The Labute approximate surface area is 141 Å². The van der Waals surface area contributed by atoms with Gasteiger partial charge in [0.05, 0.1) is 14.2 Å². The number of ether oxygens (including phenoxy) is 2. The summed E-state index contributed by atoms with van der Waals surface area (Å²) >= 11 is 6.07. The highest BCUT2D eigenvalue weighted by molar-refractivity contribution is 6.31. The third kappa shape index (κ3) is 4.63. The van der Waals surface area contributed by atoms with Crippen LogP contribution in [0.25, 0.3) is 0 Å². The lowest BCUT2D eigenvalue weighted by Crippen LogP contribution is -2.23. The molecule has 0 atom stereocenters. The maximum Gasteiger partial charge on any atom is 0.220 e. The lowest BCUT2D eigenvalue weighted by molar-refractivity contribution is -0.121. The molecular formula is C18H20ClNO3. The second-order valence-corrected chi connectivity index (χ2v) is 5.43. The first-order valence-corrected chi connectivity index (χ1v) is 7.73. The highest BCUT2D eigenvalue weighted by atomic mass is 35.5. The van der Waals surface area contributed by atoms with Crippen LogP contribution in [0, 0.1) is 0 Å². The minimum absolute atomic E-state index is 0.0326. The molecule has 1 amide bonds. The number of methoxy groups -OCH3 is 2. The van der Waals surface area contributed by atoms with Gasteiger partial charge in [0, 0.05) is 18.0 Å². The number of carbonyl (C=O) groups excluding carboxylic acids is 1. The Hall–Kier alpha value is -2.20. The minimum Gasteiger partial charge on any atom is -0.493 e. The molecule has 0 aliphatic rings. The van der Waals surface area contributed by atoms with E-state index in [0.717, 1.165) is 11.1 Å². The van der Waals surface area contributed by atoms with Crippen molar-refractivity contribution in [2.24, 2.45) is 0 Å². The summed E-state index contributed by atoms with van der Waals surface area (Å²) < 4.78 is 10.6. The van der Waals surface area contributed by atoms with Gasteiger partial charge in [-0.15, -0.1) is 0 Å². The molecule has 2 aromatic carbocycles. The molecule has 0 spiro atoms. The molecule has 122 valence electrons. The number of nitrogens with one attached hydrogen (secondary N) is 1. The van der Waals surface area contributed by atoms with Crippen LogP contribution in [0.1, 0.15) is 17.5 Å². The predicted molar refractivity (Wildman–Crippen MR) is 91.2 cm³/mol. The maximum atomic E-state index is 12.0. The number of rotatable bonds is 7. The predicted octanol–water partition coefficient (Wildman–Crippen LogP) is 3.61. The third-order valence-corrected chi connectivity index (χ3v) is 3.91. The largest absolute Gasteiger partial charge is 0.493 e. The van der Waals surface area contributed by atoms with Gasteiger partial charge >= 0.3 is 0 Å². The molecule has 0 fully saturated rings. The van der Waals surface area contributed by atoms with Gasteiger partial charge in [-0.2, -0.15) is 0 Å². The Bertz CT molecular complexity index is 673. The number of aryl methyl sites for hydroxylation is 1. The van der Waals surface area contributed by atoms with Crippen molar-refractivity contribution in [1.29, 1.82) is 0 Å². The Kier molecular flexibility index (Phi) is 6.29. The van der Waals surface area contributed by atoms with E-state index in [1.54, 1.807) is 14.2 Å². The van der Waals surface area contributed by atoms with E-state index in [4.69, 9.17) is 21.1 Å². The number of hydrogen-bond acceptors (Lipinski definition) is 3. The summed E-state index contributed by atoms with van der Waals surface area (Å²) in [6.45, 7) is 0.424. The molecule has 1 N–H and O–H groups in total. The van der Waals surface area contributed by atoms with E-state index in [2.05, 4.69) is 5.32 Å². The van der Waals surface area contributed by atoms with Crippen molar-refractivity contribution >= 4 is 17.5 Å². The first-order valence-electron chi connectivity index (χ1n) is 7.35. The van der Waals surface area contributed by atoms with Crippen molar-refractivity contribution in [2.75, 3.05) is 14.2 Å². The summed E-state index contributed by atoms with van der Waals surface area (Å²) in [5, 5.41) is 3.54. The Morgan fingerprint density at radius 1 is 1.04 bits per heavy atom. The highest BCUT2D eigenvalue weighted by Crippen LogP contribution is 2.31. The van der Waals surface area contributed by atoms with E-state index in [0.29, 0.717) is 35.9 Å². The summed E-state index contributed by atoms with van der Waals surface area (Å²) in [6.07, 6.45) is 0.947. The fourth-order valence-electron chi connectivity index (χ4n) is 2.32. The van der Waals surface area contributed by atoms with Crippen molar-refractivity contribution in [3.63, 3.8) is 0 Å². The van der Waals surface area contributed by atoms with Gasteiger partial charge in [0.15, 0.2) is 11.5 Å². The van der Waals surface area contributed by atoms with E-state index in [1.807, 2.05) is 42.5 Å². The lowest BCUT2D eigenvalue weighted by Gasteiger charge is -2.12. The molecule has 0 saturated heterocycles. The number of halogens is 1. The van der Waals surface area contributed by atoms with Gasteiger partial charge in [-0.3, -0.25) is 4.79 Å². The molecule has 0 heterocycles. The van der Waals surface area contributed by atoms with Crippen LogP contribution < -0.4 is 14.8 Å².